The number of halogens is 1. The Morgan fingerprint density at radius 1 is 1.39 bits per heavy atom. The molecule has 1 atom stereocenters. The molecular formula is C16H25FN2O3S. The van der Waals surface area contributed by atoms with Crippen LogP contribution in [-0.2, 0) is 10.0 Å². The first-order valence-electron chi connectivity index (χ1n) is 7.95. The van der Waals surface area contributed by atoms with Crippen LogP contribution in [0, 0.1) is 18.7 Å². The van der Waals surface area contributed by atoms with Crippen LogP contribution in [0.3, 0.4) is 0 Å². The first-order chi connectivity index (χ1) is 10.8. The van der Waals surface area contributed by atoms with E-state index in [1.54, 1.807) is 0 Å². The Hall–Kier alpha value is -1.02. The molecule has 1 saturated heterocycles. The van der Waals surface area contributed by atoms with Gasteiger partial charge in [-0.1, -0.05) is 13.0 Å². The van der Waals surface area contributed by atoms with Crippen LogP contribution >= 0.6 is 0 Å². The van der Waals surface area contributed by atoms with Gasteiger partial charge in [0.2, 0.25) is 10.0 Å². The standard InChI is InChI=1S/C16H25FN2O3S/c1-12-6-8-19(9-7-12)11-14(20)10-18-23(21,22)16-5-3-4-15(17)13(16)2/h3-5,12,14,18,20H,6-11H2,1-2H3. The van der Waals surface area contributed by atoms with E-state index in [2.05, 4.69) is 16.5 Å². The molecule has 23 heavy (non-hydrogen) atoms. The van der Waals surface area contributed by atoms with E-state index in [9.17, 15) is 17.9 Å². The van der Waals surface area contributed by atoms with Crippen LogP contribution in [0.1, 0.15) is 25.3 Å². The highest BCUT2D eigenvalue weighted by atomic mass is 32.2. The number of benzene rings is 1. The summed E-state index contributed by atoms with van der Waals surface area (Å²) in [6.07, 6.45) is 1.41. The second kappa shape index (κ2) is 7.70. The van der Waals surface area contributed by atoms with Gasteiger partial charge in [0.25, 0.3) is 0 Å². The van der Waals surface area contributed by atoms with Crippen molar-refractivity contribution < 1.29 is 17.9 Å². The lowest BCUT2D eigenvalue weighted by Crippen LogP contribution is -2.43. The molecule has 1 aromatic rings. The third-order valence-electron chi connectivity index (χ3n) is 4.36. The lowest BCUT2D eigenvalue weighted by molar-refractivity contribution is 0.0942. The highest BCUT2D eigenvalue weighted by molar-refractivity contribution is 7.89. The number of sulfonamides is 1. The van der Waals surface area contributed by atoms with Crippen molar-refractivity contribution in [2.75, 3.05) is 26.2 Å². The van der Waals surface area contributed by atoms with Gasteiger partial charge in [-0.2, -0.15) is 0 Å². The first kappa shape index (κ1) is 18.3. The maximum atomic E-state index is 13.5. The third-order valence-corrected chi connectivity index (χ3v) is 5.93. The molecule has 0 aliphatic carbocycles. The largest absolute Gasteiger partial charge is 0.390 e. The lowest BCUT2D eigenvalue weighted by atomic mass is 9.99. The van der Waals surface area contributed by atoms with Gasteiger partial charge in [-0.15, -0.1) is 0 Å². The van der Waals surface area contributed by atoms with Gasteiger partial charge >= 0.3 is 0 Å². The number of aliphatic hydroxyl groups excluding tert-OH is 1. The van der Waals surface area contributed by atoms with Crippen molar-refractivity contribution in [1.29, 1.82) is 0 Å². The fraction of sp³-hybridized carbons (Fsp3) is 0.625. The number of piperidine rings is 1. The van der Waals surface area contributed by atoms with Crippen molar-refractivity contribution in [3.05, 3.63) is 29.6 Å². The molecule has 0 spiro atoms. The van der Waals surface area contributed by atoms with E-state index in [0.717, 1.165) is 25.9 Å². The number of rotatable bonds is 6. The highest BCUT2D eigenvalue weighted by Crippen LogP contribution is 2.18. The normalized spacial score (nSPS) is 19.0. The molecule has 1 aliphatic heterocycles. The van der Waals surface area contributed by atoms with Gasteiger partial charge in [0.05, 0.1) is 11.0 Å². The predicted molar refractivity (Wildman–Crippen MR) is 87.2 cm³/mol. The summed E-state index contributed by atoms with van der Waals surface area (Å²) in [5, 5.41) is 10.1. The summed E-state index contributed by atoms with van der Waals surface area (Å²) >= 11 is 0. The Morgan fingerprint density at radius 2 is 2.04 bits per heavy atom. The summed E-state index contributed by atoms with van der Waals surface area (Å²) in [4.78, 5) is 2.06. The average Bonchev–Trinajstić information content (AvgIpc) is 2.50. The molecular weight excluding hydrogens is 319 g/mol. The molecule has 0 bridgehead atoms. The molecule has 0 radical (unpaired) electrons. The first-order valence-corrected chi connectivity index (χ1v) is 9.43. The van der Waals surface area contributed by atoms with Crippen LogP contribution in [0.2, 0.25) is 0 Å². The zero-order chi connectivity index (χ0) is 17.0. The van der Waals surface area contributed by atoms with Crippen molar-refractivity contribution in [3.63, 3.8) is 0 Å². The Morgan fingerprint density at radius 3 is 2.70 bits per heavy atom. The van der Waals surface area contributed by atoms with Crippen LogP contribution in [0.25, 0.3) is 0 Å². The van der Waals surface area contributed by atoms with Gasteiger partial charge in [0, 0.05) is 18.7 Å². The Kier molecular flexibility index (Phi) is 6.13. The lowest BCUT2D eigenvalue weighted by Gasteiger charge is -2.31. The second-order valence-corrected chi connectivity index (χ2v) is 8.09. The minimum absolute atomic E-state index is 0.0790. The SMILES string of the molecule is Cc1c(F)cccc1S(=O)(=O)NCC(O)CN1CCC(C)CC1. The Balaban J connectivity index is 1.90. The topological polar surface area (TPSA) is 69.6 Å². The zero-order valence-electron chi connectivity index (χ0n) is 13.6. The molecule has 2 N–H and O–H groups in total. The van der Waals surface area contributed by atoms with Gasteiger partial charge in [0.1, 0.15) is 5.82 Å². The maximum Gasteiger partial charge on any atom is 0.241 e. The molecule has 1 unspecified atom stereocenters. The van der Waals surface area contributed by atoms with Crippen LogP contribution in [0.15, 0.2) is 23.1 Å². The fourth-order valence-electron chi connectivity index (χ4n) is 2.77. The smallest absolute Gasteiger partial charge is 0.241 e. The number of aliphatic hydroxyl groups is 1. The van der Waals surface area contributed by atoms with Gasteiger partial charge in [-0.3, -0.25) is 0 Å². The van der Waals surface area contributed by atoms with Gasteiger partial charge in [-0.25, -0.2) is 17.5 Å². The number of hydrogen-bond donors (Lipinski definition) is 2. The number of hydrogen-bond acceptors (Lipinski definition) is 4. The van der Waals surface area contributed by atoms with E-state index in [4.69, 9.17) is 0 Å². The van der Waals surface area contributed by atoms with E-state index in [1.807, 2.05) is 0 Å². The Labute approximate surface area is 137 Å². The summed E-state index contributed by atoms with van der Waals surface area (Å²) in [6, 6.07) is 3.95. The summed E-state index contributed by atoms with van der Waals surface area (Å²) in [5.41, 5.74) is 0.0829. The van der Waals surface area contributed by atoms with Crippen molar-refractivity contribution in [2.24, 2.45) is 5.92 Å². The van der Waals surface area contributed by atoms with E-state index >= 15 is 0 Å². The van der Waals surface area contributed by atoms with Crippen molar-refractivity contribution in [1.82, 2.24) is 9.62 Å². The quantitative estimate of drug-likeness (QED) is 0.821. The second-order valence-electron chi connectivity index (χ2n) is 6.35. The summed E-state index contributed by atoms with van der Waals surface area (Å²) in [7, 11) is -3.83. The molecule has 1 aromatic carbocycles. The molecule has 0 saturated carbocycles. The number of likely N-dealkylation sites (tertiary alicyclic amines) is 1. The highest BCUT2D eigenvalue weighted by Gasteiger charge is 2.22. The fourth-order valence-corrected chi connectivity index (χ4v) is 4.10. The van der Waals surface area contributed by atoms with Crippen LogP contribution in [0.5, 0.6) is 0 Å². The summed E-state index contributed by atoms with van der Waals surface area (Å²) in [5.74, 6) is 0.147. The number of β-amino-alcohol motifs (C(OH)–C–C–N with tert-alkyl or cyclic N) is 1. The predicted octanol–water partition coefficient (Wildman–Crippen LogP) is 1.51. The van der Waals surface area contributed by atoms with Crippen molar-refractivity contribution in [3.8, 4) is 0 Å². The van der Waals surface area contributed by atoms with Gasteiger partial charge in [-0.05, 0) is 50.9 Å². The number of nitrogens with zero attached hydrogens (tertiary/aromatic N) is 1. The van der Waals surface area contributed by atoms with Crippen LogP contribution in [0.4, 0.5) is 4.39 Å². The molecule has 1 heterocycles. The average molecular weight is 344 g/mol. The van der Waals surface area contributed by atoms with Gasteiger partial charge in [0.15, 0.2) is 0 Å². The molecule has 7 heteroatoms. The maximum absolute atomic E-state index is 13.5. The van der Waals surface area contributed by atoms with Gasteiger partial charge < -0.3 is 10.0 Å². The van der Waals surface area contributed by atoms with Crippen molar-refractivity contribution >= 4 is 10.0 Å². The summed E-state index contributed by atoms with van der Waals surface area (Å²) < 4.78 is 40.4. The minimum atomic E-state index is -3.83. The third kappa shape index (κ3) is 4.97. The molecule has 2 rings (SSSR count). The van der Waals surface area contributed by atoms with E-state index < -0.39 is 21.9 Å². The number of nitrogens with one attached hydrogen (secondary N) is 1. The molecule has 5 nitrogen and oxygen atoms in total. The molecule has 1 fully saturated rings. The monoisotopic (exact) mass is 344 g/mol. The van der Waals surface area contributed by atoms with E-state index in [1.165, 1.54) is 25.1 Å². The van der Waals surface area contributed by atoms with Crippen molar-refractivity contribution in [2.45, 2.75) is 37.7 Å². The minimum Gasteiger partial charge on any atom is -0.390 e. The Bertz CT molecular complexity index is 628. The summed E-state index contributed by atoms with van der Waals surface area (Å²) in [6.45, 7) is 5.85. The molecule has 1 aliphatic rings. The zero-order valence-corrected chi connectivity index (χ0v) is 14.4. The van der Waals surface area contributed by atoms with E-state index in [-0.39, 0.29) is 17.0 Å². The van der Waals surface area contributed by atoms with E-state index in [0.29, 0.717) is 12.5 Å². The molecule has 130 valence electrons. The molecule has 0 amide bonds. The van der Waals surface area contributed by atoms with Crippen LogP contribution in [-0.4, -0.2) is 50.7 Å². The molecule has 0 aromatic heterocycles. The van der Waals surface area contributed by atoms with Crippen LogP contribution < -0.4 is 4.72 Å².